The Morgan fingerprint density at radius 1 is 1.39 bits per heavy atom. The molecule has 100 valence electrons. The van der Waals surface area contributed by atoms with Crippen LogP contribution in [0.25, 0.3) is 0 Å². The number of hydrogen-bond donors (Lipinski definition) is 1. The smallest absolute Gasteiger partial charge is 0.339 e. The highest BCUT2D eigenvalue weighted by atomic mass is 79.9. The van der Waals surface area contributed by atoms with E-state index in [1.165, 1.54) is 6.07 Å². The van der Waals surface area contributed by atoms with Crippen molar-refractivity contribution in [2.45, 2.75) is 13.8 Å². The van der Waals surface area contributed by atoms with Gasteiger partial charge in [0.2, 0.25) is 0 Å². The van der Waals surface area contributed by atoms with Crippen molar-refractivity contribution in [1.29, 1.82) is 0 Å². The molecule has 0 saturated carbocycles. The van der Waals surface area contributed by atoms with E-state index in [0.29, 0.717) is 31.5 Å². The highest BCUT2D eigenvalue weighted by Crippen LogP contribution is 2.23. The molecular weight excluding hydrogens is 300 g/mol. The zero-order chi connectivity index (χ0) is 13.5. The maximum Gasteiger partial charge on any atom is 0.339 e. The molecule has 5 heteroatoms. The molecule has 0 fully saturated rings. The monoisotopic (exact) mass is 316 g/mol. The third kappa shape index (κ3) is 5.06. The van der Waals surface area contributed by atoms with Crippen LogP contribution in [0.5, 0.6) is 5.75 Å². The lowest BCUT2D eigenvalue weighted by atomic mass is 10.2. The third-order valence-corrected chi connectivity index (χ3v) is 2.60. The van der Waals surface area contributed by atoms with Crippen molar-refractivity contribution in [3.8, 4) is 5.75 Å². The molecular formula is C13H17BrO4. The van der Waals surface area contributed by atoms with E-state index >= 15 is 0 Å². The van der Waals surface area contributed by atoms with Crippen LogP contribution >= 0.6 is 15.9 Å². The van der Waals surface area contributed by atoms with E-state index in [4.69, 9.17) is 14.6 Å². The summed E-state index contributed by atoms with van der Waals surface area (Å²) in [6.07, 6.45) is 0. The maximum absolute atomic E-state index is 11.0. The number of halogens is 1. The molecule has 0 atom stereocenters. The van der Waals surface area contributed by atoms with Crippen molar-refractivity contribution in [2.75, 3.05) is 19.8 Å². The molecule has 1 aromatic carbocycles. The van der Waals surface area contributed by atoms with Crippen LogP contribution in [0.15, 0.2) is 22.7 Å². The number of rotatable bonds is 7. The number of carbonyl (C=O) groups is 1. The van der Waals surface area contributed by atoms with E-state index < -0.39 is 5.97 Å². The summed E-state index contributed by atoms with van der Waals surface area (Å²) in [7, 11) is 0. The summed E-state index contributed by atoms with van der Waals surface area (Å²) in [6.45, 7) is 5.59. The van der Waals surface area contributed by atoms with Crippen LogP contribution in [0.1, 0.15) is 24.2 Å². The highest BCUT2D eigenvalue weighted by Gasteiger charge is 2.11. The van der Waals surface area contributed by atoms with Gasteiger partial charge in [0.1, 0.15) is 17.9 Å². The standard InChI is InChI=1S/C13H17BrO4/c1-9(2)8-17-5-6-18-12-7-10(14)3-4-11(12)13(15)16/h3-4,7,9H,5-6,8H2,1-2H3,(H,15,16). The summed E-state index contributed by atoms with van der Waals surface area (Å²) in [5.74, 6) is -0.170. The first-order valence-corrected chi connectivity index (χ1v) is 6.53. The summed E-state index contributed by atoms with van der Waals surface area (Å²) < 4.78 is 11.6. The molecule has 0 saturated heterocycles. The molecule has 0 unspecified atom stereocenters. The van der Waals surface area contributed by atoms with Crippen LogP contribution in [0.4, 0.5) is 0 Å². The van der Waals surface area contributed by atoms with Crippen molar-refractivity contribution in [3.63, 3.8) is 0 Å². The second kappa shape index (κ2) is 7.38. The first-order valence-electron chi connectivity index (χ1n) is 5.74. The summed E-state index contributed by atoms with van der Waals surface area (Å²) in [4.78, 5) is 11.0. The zero-order valence-corrected chi connectivity index (χ0v) is 12.1. The van der Waals surface area contributed by atoms with Gasteiger partial charge in [-0.15, -0.1) is 0 Å². The Bertz CT molecular complexity index is 404. The van der Waals surface area contributed by atoms with Crippen LogP contribution < -0.4 is 4.74 Å². The number of hydrogen-bond acceptors (Lipinski definition) is 3. The molecule has 0 aliphatic carbocycles. The fraction of sp³-hybridized carbons (Fsp3) is 0.462. The molecule has 18 heavy (non-hydrogen) atoms. The van der Waals surface area contributed by atoms with Gasteiger partial charge in [0.15, 0.2) is 0 Å². The molecule has 0 heterocycles. The van der Waals surface area contributed by atoms with Gasteiger partial charge in [0.25, 0.3) is 0 Å². The number of ether oxygens (including phenoxy) is 2. The van der Waals surface area contributed by atoms with Crippen LogP contribution in [0.3, 0.4) is 0 Å². The predicted octanol–water partition coefficient (Wildman–Crippen LogP) is 3.20. The Kier molecular flexibility index (Phi) is 6.15. The van der Waals surface area contributed by atoms with E-state index in [9.17, 15) is 4.79 Å². The molecule has 0 aromatic heterocycles. The summed E-state index contributed by atoms with van der Waals surface area (Å²) in [5.41, 5.74) is 0.155. The molecule has 0 bridgehead atoms. The van der Waals surface area contributed by atoms with Gasteiger partial charge < -0.3 is 14.6 Å². The second-order valence-electron chi connectivity index (χ2n) is 4.26. The second-order valence-corrected chi connectivity index (χ2v) is 5.18. The normalized spacial score (nSPS) is 10.7. The highest BCUT2D eigenvalue weighted by molar-refractivity contribution is 9.10. The predicted molar refractivity (Wildman–Crippen MR) is 72.3 cm³/mol. The molecule has 0 aliphatic heterocycles. The van der Waals surface area contributed by atoms with Crippen molar-refractivity contribution >= 4 is 21.9 Å². The van der Waals surface area contributed by atoms with E-state index in [0.717, 1.165) is 4.47 Å². The van der Waals surface area contributed by atoms with Gasteiger partial charge in [0.05, 0.1) is 6.61 Å². The molecule has 0 spiro atoms. The lowest BCUT2D eigenvalue weighted by molar-refractivity contribution is 0.0677. The van der Waals surface area contributed by atoms with E-state index in [1.54, 1.807) is 12.1 Å². The van der Waals surface area contributed by atoms with Gasteiger partial charge in [0, 0.05) is 11.1 Å². The minimum atomic E-state index is -0.999. The minimum absolute atomic E-state index is 0.155. The Morgan fingerprint density at radius 3 is 2.72 bits per heavy atom. The molecule has 4 nitrogen and oxygen atoms in total. The first-order chi connectivity index (χ1) is 8.50. The number of carboxylic acids is 1. The summed E-state index contributed by atoms with van der Waals surface area (Å²) in [6, 6.07) is 4.83. The lowest BCUT2D eigenvalue weighted by Gasteiger charge is -2.10. The van der Waals surface area contributed by atoms with Crippen molar-refractivity contribution < 1.29 is 19.4 Å². The average molecular weight is 317 g/mol. The average Bonchev–Trinajstić information content (AvgIpc) is 2.27. The number of benzene rings is 1. The first kappa shape index (κ1) is 15.0. The SMILES string of the molecule is CC(C)COCCOc1cc(Br)ccc1C(=O)O. The minimum Gasteiger partial charge on any atom is -0.490 e. The fourth-order valence-corrected chi connectivity index (χ4v) is 1.66. The Labute approximate surface area is 115 Å². The topological polar surface area (TPSA) is 55.8 Å². The molecule has 1 rings (SSSR count). The van der Waals surface area contributed by atoms with Gasteiger partial charge in [-0.1, -0.05) is 29.8 Å². The Morgan fingerprint density at radius 2 is 2.11 bits per heavy atom. The van der Waals surface area contributed by atoms with Crippen LogP contribution in [-0.2, 0) is 4.74 Å². The Balaban J connectivity index is 2.50. The summed E-state index contributed by atoms with van der Waals surface area (Å²) in [5, 5.41) is 9.01. The van der Waals surface area contributed by atoms with Crippen molar-refractivity contribution in [3.05, 3.63) is 28.2 Å². The van der Waals surface area contributed by atoms with Crippen molar-refractivity contribution in [1.82, 2.24) is 0 Å². The number of carboxylic acid groups (broad SMARTS) is 1. The largest absolute Gasteiger partial charge is 0.490 e. The van der Waals surface area contributed by atoms with Gasteiger partial charge in [-0.25, -0.2) is 4.79 Å². The van der Waals surface area contributed by atoms with Crippen LogP contribution in [0, 0.1) is 5.92 Å². The van der Waals surface area contributed by atoms with Gasteiger partial charge in [-0.2, -0.15) is 0 Å². The van der Waals surface area contributed by atoms with Gasteiger partial charge >= 0.3 is 5.97 Å². The fourth-order valence-electron chi connectivity index (χ4n) is 1.32. The summed E-state index contributed by atoms with van der Waals surface area (Å²) >= 11 is 3.28. The quantitative estimate of drug-likeness (QED) is 0.785. The molecule has 0 aliphatic rings. The molecule has 0 radical (unpaired) electrons. The third-order valence-electron chi connectivity index (χ3n) is 2.11. The van der Waals surface area contributed by atoms with E-state index in [1.807, 2.05) is 0 Å². The molecule has 0 amide bonds. The maximum atomic E-state index is 11.0. The lowest BCUT2D eigenvalue weighted by Crippen LogP contribution is -2.11. The Hall–Kier alpha value is -1.07. The van der Waals surface area contributed by atoms with E-state index in [-0.39, 0.29) is 5.56 Å². The van der Waals surface area contributed by atoms with Crippen molar-refractivity contribution in [2.24, 2.45) is 5.92 Å². The van der Waals surface area contributed by atoms with Crippen LogP contribution in [-0.4, -0.2) is 30.9 Å². The molecule has 1 aromatic rings. The zero-order valence-electron chi connectivity index (χ0n) is 10.5. The van der Waals surface area contributed by atoms with Gasteiger partial charge in [-0.05, 0) is 24.1 Å². The van der Waals surface area contributed by atoms with Gasteiger partial charge in [-0.3, -0.25) is 0 Å². The van der Waals surface area contributed by atoms with Crippen LogP contribution in [0.2, 0.25) is 0 Å². The van der Waals surface area contributed by atoms with E-state index in [2.05, 4.69) is 29.8 Å². The molecule has 1 N–H and O–H groups in total. The number of aromatic carboxylic acids is 1.